The first kappa shape index (κ1) is 12.0. The Labute approximate surface area is 107 Å². The van der Waals surface area contributed by atoms with Crippen molar-refractivity contribution >= 4 is 5.70 Å². The molecule has 18 heavy (non-hydrogen) atoms. The molecule has 0 saturated heterocycles. The first-order valence-corrected chi connectivity index (χ1v) is 5.74. The maximum absolute atomic E-state index is 9.13. The summed E-state index contributed by atoms with van der Waals surface area (Å²) in [5.74, 6) is -0.149. The van der Waals surface area contributed by atoms with E-state index in [0.717, 1.165) is 17.0 Å². The Hall–Kier alpha value is -2.52. The Morgan fingerprint density at radius 2 is 2.00 bits per heavy atom. The van der Waals surface area contributed by atoms with Crippen LogP contribution in [-0.4, -0.2) is 0 Å². The third kappa shape index (κ3) is 1.87. The topological polar surface area (TPSA) is 40.2 Å². The molecule has 0 spiro atoms. The smallest absolute Gasteiger partial charge is 0.196 e. The number of rotatable bonds is 1. The van der Waals surface area contributed by atoms with E-state index in [9.17, 15) is 0 Å². The summed E-state index contributed by atoms with van der Waals surface area (Å²) in [5, 5.41) is 12.3. The van der Waals surface area contributed by atoms with Crippen LogP contribution in [0.4, 0.5) is 0 Å². The second kappa shape index (κ2) is 4.77. The lowest BCUT2D eigenvalue weighted by Gasteiger charge is -2.25. The molecule has 0 bridgehead atoms. The van der Waals surface area contributed by atoms with E-state index in [1.165, 1.54) is 0 Å². The molecular weight excluding hydrogens is 222 g/mol. The molecule has 0 radical (unpaired) electrons. The average Bonchev–Trinajstić information content (AvgIpc) is 2.39. The summed E-state index contributed by atoms with van der Waals surface area (Å²) in [6, 6.07) is 11.9. The fourth-order valence-corrected chi connectivity index (χ4v) is 2.16. The summed E-state index contributed by atoms with van der Waals surface area (Å²) >= 11 is 0. The van der Waals surface area contributed by atoms with E-state index in [0.29, 0.717) is 11.3 Å². The Kier molecular flexibility index (Phi) is 3.17. The van der Waals surface area contributed by atoms with Crippen molar-refractivity contribution in [2.45, 2.75) is 13.8 Å². The highest BCUT2D eigenvalue weighted by molar-refractivity contribution is 5.73. The lowest BCUT2D eigenvalue weighted by atomic mass is 9.90. The Morgan fingerprint density at radius 1 is 1.33 bits per heavy atom. The lowest BCUT2D eigenvalue weighted by Crippen LogP contribution is -2.22. The predicted octanol–water partition coefficient (Wildman–Crippen LogP) is 3.31. The van der Waals surface area contributed by atoms with Gasteiger partial charge in [-0.1, -0.05) is 37.3 Å². The maximum Gasteiger partial charge on any atom is 0.196 e. The Balaban J connectivity index is 2.55. The Morgan fingerprint density at radius 3 is 2.56 bits per heavy atom. The second-order valence-corrected chi connectivity index (χ2v) is 4.24. The van der Waals surface area contributed by atoms with Gasteiger partial charge in [0.25, 0.3) is 0 Å². The molecule has 0 fully saturated rings. The van der Waals surface area contributed by atoms with Crippen molar-refractivity contribution in [3.63, 3.8) is 0 Å². The van der Waals surface area contributed by atoms with Gasteiger partial charge in [-0.3, -0.25) is 0 Å². The quantitative estimate of drug-likeness (QED) is 0.758. The second-order valence-electron chi connectivity index (χ2n) is 4.24. The monoisotopic (exact) mass is 235 g/mol. The molecular formula is C15H13N3. The molecule has 0 saturated carbocycles. The standard InChI is InChI=1S/C15H13N3/c1-10-13(9-16)11(2)18-15(14(10)17-3)12-7-5-4-6-8-12/h4-8,10,18H,1-2H3/t10-/m1/s1. The van der Waals surface area contributed by atoms with Crippen LogP contribution in [0.1, 0.15) is 19.4 Å². The first-order chi connectivity index (χ1) is 8.69. The molecule has 1 N–H and O–H groups in total. The molecule has 1 aromatic rings. The third-order valence-corrected chi connectivity index (χ3v) is 3.12. The van der Waals surface area contributed by atoms with Crippen LogP contribution in [0.25, 0.3) is 10.5 Å². The van der Waals surface area contributed by atoms with E-state index in [1.807, 2.05) is 44.2 Å². The molecule has 0 amide bonds. The van der Waals surface area contributed by atoms with Crippen LogP contribution in [0.15, 0.2) is 47.3 Å². The summed E-state index contributed by atoms with van der Waals surface area (Å²) in [6.07, 6.45) is 0. The van der Waals surface area contributed by atoms with Gasteiger partial charge >= 0.3 is 0 Å². The summed E-state index contributed by atoms with van der Waals surface area (Å²) in [4.78, 5) is 3.60. The van der Waals surface area contributed by atoms with Gasteiger partial charge in [0.15, 0.2) is 5.70 Å². The summed E-state index contributed by atoms with van der Waals surface area (Å²) in [6.45, 7) is 11.1. The van der Waals surface area contributed by atoms with Crippen molar-refractivity contribution in [1.29, 1.82) is 5.26 Å². The van der Waals surface area contributed by atoms with Gasteiger partial charge in [0.1, 0.15) is 0 Å². The minimum absolute atomic E-state index is 0.149. The Bertz CT molecular complexity index is 609. The molecule has 3 heteroatoms. The third-order valence-electron chi connectivity index (χ3n) is 3.12. The fraction of sp³-hybridized carbons (Fsp3) is 0.200. The number of benzene rings is 1. The van der Waals surface area contributed by atoms with Gasteiger partial charge in [-0.15, -0.1) is 0 Å². The van der Waals surface area contributed by atoms with Gasteiger partial charge in [-0.2, -0.15) is 5.26 Å². The van der Waals surface area contributed by atoms with Gasteiger partial charge < -0.3 is 5.32 Å². The first-order valence-electron chi connectivity index (χ1n) is 5.74. The highest BCUT2D eigenvalue weighted by atomic mass is 14.9. The van der Waals surface area contributed by atoms with Crippen LogP contribution in [-0.2, 0) is 0 Å². The summed E-state index contributed by atoms with van der Waals surface area (Å²) in [5.41, 5.74) is 3.86. The predicted molar refractivity (Wildman–Crippen MR) is 70.6 cm³/mol. The van der Waals surface area contributed by atoms with Crippen molar-refractivity contribution in [3.05, 3.63) is 64.3 Å². The van der Waals surface area contributed by atoms with E-state index in [-0.39, 0.29) is 5.92 Å². The molecule has 2 rings (SSSR count). The van der Waals surface area contributed by atoms with Crippen molar-refractivity contribution in [3.8, 4) is 6.07 Å². The molecule has 1 aromatic carbocycles. The number of nitriles is 1. The molecule has 88 valence electrons. The number of nitrogens with one attached hydrogen (secondary N) is 1. The van der Waals surface area contributed by atoms with Crippen LogP contribution in [0, 0.1) is 23.8 Å². The van der Waals surface area contributed by atoms with Crippen LogP contribution in [0.2, 0.25) is 0 Å². The number of hydrogen-bond acceptors (Lipinski definition) is 2. The number of hydrogen-bond donors (Lipinski definition) is 1. The number of dihydropyridines is 1. The number of nitrogens with zero attached hydrogens (tertiary/aromatic N) is 2. The van der Waals surface area contributed by atoms with Crippen molar-refractivity contribution in [2.75, 3.05) is 0 Å². The fourth-order valence-electron chi connectivity index (χ4n) is 2.16. The summed E-state index contributed by atoms with van der Waals surface area (Å²) in [7, 11) is 0. The highest BCUT2D eigenvalue weighted by Gasteiger charge is 2.26. The normalized spacial score (nSPS) is 19.0. The highest BCUT2D eigenvalue weighted by Crippen LogP contribution is 2.33. The van der Waals surface area contributed by atoms with E-state index < -0.39 is 0 Å². The van der Waals surface area contributed by atoms with E-state index in [2.05, 4.69) is 16.2 Å². The average molecular weight is 235 g/mol. The minimum Gasteiger partial charge on any atom is -0.367 e. The molecule has 1 aliphatic rings. The lowest BCUT2D eigenvalue weighted by molar-refractivity contribution is 0.786. The zero-order valence-corrected chi connectivity index (χ0v) is 10.4. The largest absolute Gasteiger partial charge is 0.367 e. The van der Waals surface area contributed by atoms with Crippen molar-refractivity contribution < 1.29 is 0 Å². The van der Waals surface area contributed by atoms with Gasteiger partial charge in [0, 0.05) is 22.9 Å². The molecule has 1 heterocycles. The van der Waals surface area contributed by atoms with Crippen molar-refractivity contribution in [2.24, 2.45) is 5.92 Å². The molecule has 0 unspecified atom stereocenters. The van der Waals surface area contributed by atoms with Gasteiger partial charge in [-0.05, 0) is 12.5 Å². The van der Waals surface area contributed by atoms with Gasteiger partial charge in [0.2, 0.25) is 0 Å². The van der Waals surface area contributed by atoms with Crippen LogP contribution >= 0.6 is 0 Å². The molecule has 1 aliphatic heterocycles. The van der Waals surface area contributed by atoms with E-state index in [1.54, 1.807) is 0 Å². The zero-order chi connectivity index (χ0) is 13.1. The minimum atomic E-state index is -0.149. The van der Waals surface area contributed by atoms with Gasteiger partial charge in [-0.25, -0.2) is 4.85 Å². The van der Waals surface area contributed by atoms with Crippen LogP contribution < -0.4 is 5.32 Å². The number of allylic oxidation sites excluding steroid dienone is 2. The van der Waals surface area contributed by atoms with E-state index in [4.69, 9.17) is 11.8 Å². The van der Waals surface area contributed by atoms with Gasteiger partial charge in [0.05, 0.1) is 12.6 Å². The maximum atomic E-state index is 9.13. The molecule has 0 aromatic heterocycles. The molecule has 0 aliphatic carbocycles. The summed E-state index contributed by atoms with van der Waals surface area (Å²) < 4.78 is 0. The SMILES string of the molecule is [C-]#[N+]C1=C(c2ccccc2)NC(C)=C(C#N)[C@H]1C. The van der Waals surface area contributed by atoms with Crippen molar-refractivity contribution in [1.82, 2.24) is 5.32 Å². The van der Waals surface area contributed by atoms with Crippen LogP contribution in [0.5, 0.6) is 0 Å². The molecule has 3 nitrogen and oxygen atoms in total. The zero-order valence-electron chi connectivity index (χ0n) is 10.4. The molecule has 1 atom stereocenters. The van der Waals surface area contributed by atoms with Crippen LogP contribution in [0.3, 0.4) is 0 Å². The van der Waals surface area contributed by atoms with E-state index >= 15 is 0 Å².